The van der Waals surface area contributed by atoms with E-state index in [1.54, 1.807) is 0 Å². The van der Waals surface area contributed by atoms with E-state index in [-0.39, 0.29) is 0 Å². The molecule has 6 rings (SSSR count). The highest BCUT2D eigenvalue weighted by Crippen LogP contribution is 2.39. The predicted molar refractivity (Wildman–Crippen MR) is 133 cm³/mol. The first-order valence-corrected chi connectivity index (χ1v) is 11.4. The molecule has 0 bridgehead atoms. The van der Waals surface area contributed by atoms with Crippen LogP contribution in [0.5, 0.6) is 0 Å². The summed E-state index contributed by atoms with van der Waals surface area (Å²) >= 11 is 0. The first-order chi connectivity index (χ1) is 15.8. The van der Waals surface area contributed by atoms with E-state index in [0.29, 0.717) is 0 Å². The molecule has 0 radical (unpaired) electrons. The van der Waals surface area contributed by atoms with Gasteiger partial charge in [0.15, 0.2) is 0 Å². The Bertz CT molecular complexity index is 1310. The molecule has 3 aromatic rings. The summed E-state index contributed by atoms with van der Waals surface area (Å²) in [5, 5.41) is 4.90. The summed E-state index contributed by atoms with van der Waals surface area (Å²) in [5.41, 5.74) is 11.8. The van der Waals surface area contributed by atoms with Crippen LogP contribution in [0.15, 0.2) is 109 Å². The second-order valence-corrected chi connectivity index (χ2v) is 8.69. The third-order valence-electron chi connectivity index (χ3n) is 6.63. The summed E-state index contributed by atoms with van der Waals surface area (Å²) in [6.07, 6.45) is 12.3. The molecular formula is C30H26N2. The van der Waals surface area contributed by atoms with Crippen molar-refractivity contribution >= 4 is 11.4 Å². The molecule has 0 saturated heterocycles. The van der Waals surface area contributed by atoms with Crippen LogP contribution >= 0.6 is 0 Å². The van der Waals surface area contributed by atoms with Crippen molar-refractivity contribution in [3.8, 4) is 11.1 Å². The number of hydrogen-bond donors (Lipinski definition) is 0. The molecule has 0 fully saturated rings. The molecule has 0 unspecified atom stereocenters. The van der Waals surface area contributed by atoms with Crippen molar-refractivity contribution in [3.05, 3.63) is 131 Å². The zero-order valence-corrected chi connectivity index (χ0v) is 18.3. The van der Waals surface area contributed by atoms with E-state index >= 15 is 0 Å². The topological polar surface area (TPSA) is 6.48 Å². The molecule has 3 aromatic carbocycles. The second-order valence-electron chi connectivity index (χ2n) is 8.69. The fourth-order valence-electron chi connectivity index (χ4n) is 4.99. The smallest absolute Gasteiger partial charge is 0.0656 e. The summed E-state index contributed by atoms with van der Waals surface area (Å²) in [4.78, 5) is 0. The third kappa shape index (κ3) is 3.20. The molecule has 2 heteroatoms. The lowest BCUT2D eigenvalue weighted by Crippen LogP contribution is -2.42. The Morgan fingerprint density at radius 2 is 1.47 bits per heavy atom. The predicted octanol–water partition coefficient (Wildman–Crippen LogP) is 6.69. The summed E-state index contributed by atoms with van der Waals surface area (Å²) < 4.78 is 0. The van der Waals surface area contributed by atoms with E-state index in [1.165, 1.54) is 50.3 Å². The molecule has 3 aliphatic heterocycles. The van der Waals surface area contributed by atoms with Gasteiger partial charge in [0, 0.05) is 11.1 Å². The number of hydrogen-bond acceptors (Lipinski definition) is 2. The van der Waals surface area contributed by atoms with Gasteiger partial charge in [0.25, 0.3) is 0 Å². The molecule has 0 N–H and O–H groups in total. The number of nitrogens with zero attached hydrogens (tertiary/aromatic N) is 2. The van der Waals surface area contributed by atoms with Gasteiger partial charge in [-0.1, -0.05) is 90.5 Å². The number of allylic oxidation sites excluding steroid dienone is 4. The lowest BCUT2D eigenvalue weighted by atomic mass is 9.91. The van der Waals surface area contributed by atoms with Crippen molar-refractivity contribution in [2.24, 2.45) is 0 Å². The number of fused-ring (bicyclic) bond motifs is 7. The molecule has 0 saturated carbocycles. The standard InChI is InChI=1S/C30H26N2/c1-22-16-18-32-30(19-22)28-21-24(23-9-3-2-4-10-23)14-15-26(28)20-25-11-5-6-12-27(25)29-13-7-8-17-31(29)32/h2-16,19,21H,17-18,20H2,1H3. The minimum atomic E-state index is 0.873. The van der Waals surface area contributed by atoms with Crippen LogP contribution in [0.1, 0.15) is 29.2 Å². The lowest BCUT2D eigenvalue weighted by molar-refractivity contribution is 0.131. The van der Waals surface area contributed by atoms with Crippen molar-refractivity contribution in [1.82, 2.24) is 10.0 Å². The molecule has 3 heterocycles. The highest BCUT2D eigenvalue weighted by molar-refractivity contribution is 5.79. The maximum absolute atomic E-state index is 2.46. The van der Waals surface area contributed by atoms with Gasteiger partial charge in [-0.25, -0.2) is 0 Å². The Labute approximate surface area is 190 Å². The first kappa shape index (κ1) is 18.9. The summed E-state index contributed by atoms with van der Waals surface area (Å²) in [7, 11) is 0. The Morgan fingerprint density at radius 3 is 2.38 bits per heavy atom. The second kappa shape index (κ2) is 7.72. The molecule has 2 nitrogen and oxygen atoms in total. The van der Waals surface area contributed by atoms with Gasteiger partial charge in [0.1, 0.15) is 0 Å². The van der Waals surface area contributed by atoms with Gasteiger partial charge in [0.05, 0.1) is 24.5 Å². The third-order valence-corrected chi connectivity index (χ3v) is 6.63. The van der Waals surface area contributed by atoms with Gasteiger partial charge < -0.3 is 0 Å². The van der Waals surface area contributed by atoms with E-state index in [4.69, 9.17) is 0 Å². The van der Waals surface area contributed by atoms with Crippen molar-refractivity contribution in [2.45, 2.75) is 13.3 Å². The Balaban J connectivity index is 1.60. The summed E-state index contributed by atoms with van der Waals surface area (Å²) in [6, 6.07) is 26.6. The fraction of sp³-hybridized carbons (Fsp3) is 0.133. The van der Waals surface area contributed by atoms with Crippen LogP contribution in [0.4, 0.5) is 0 Å². The SMILES string of the molecule is CC1=CCN2C(=C1)c1cc(-c3ccccc3)ccc1Cc1ccccc1C1=CC=CCN12. The Hall–Kier alpha value is -3.78. The van der Waals surface area contributed by atoms with Gasteiger partial charge in [0.2, 0.25) is 0 Å². The molecule has 0 aromatic heterocycles. The monoisotopic (exact) mass is 414 g/mol. The van der Waals surface area contributed by atoms with Crippen LogP contribution < -0.4 is 0 Å². The van der Waals surface area contributed by atoms with Crippen molar-refractivity contribution in [2.75, 3.05) is 13.1 Å². The number of benzene rings is 3. The average Bonchev–Trinajstić information content (AvgIpc) is 2.89. The quantitative estimate of drug-likeness (QED) is 0.438. The van der Waals surface area contributed by atoms with Crippen molar-refractivity contribution in [1.29, 1.82) is 0 Å². The first-order valence-electron chi connectivity index (χ1n) is 11.4. The van der Waals surface area contributed by atoms with Gasteiger partial charge in [-0.3, -0.25) is 10.0 Å². The van der Waals surface area contributed by atoms with Gasteiger partial charge in [-0.2, -0.15) is 0 Å². The van der Waals surface area contributed by atoms with Gasteiger partial charge in [-0.05, 0) is 53.8 Å². The van der Waals surface area contributed by atoms with Crippen LogP contribution in [0, 0.1) is 0 Å². The zero-order chi connectivity index (χ0) is 21.5. The lowest BCUT2D eigenvalue weighted by Gasteiger charge is -2.42. The molecule has 0 amide bonds. The maximum Gasteiger partial charge on any atom is 0.0656 e. The van der Waals surface area contributed by atoms with E-state index in [1.807, 2.05) is 0 Å². The van der Waals surface area contributed by atoms with Crippen LogP contribution in [0.2, 0.25) is 0 Å². The molecule has 0 aliphatic carbocycles. The van der Waals surface area contributed by atoms with E-state index in [2.05, 4.69) is 120 Å². The van der Waals surface area contributed by atoms with E-state index in [9.17, 15) is 0 Å². The molecule has 0 atom stereocenters. The van der Waals surface area contributed by atoms with Crippen molar-refractivity contribution < 1.29 is 0 Å². The highest BCUT2D eigenvalue weighted by Gasteiger charge is 2.29. The normalized spacial score (nSPS) is 16.8. The summed E-state index contributed by atoms with van der Waals surface area (Å²) in [5.74, 6) is 0. The minimum Gasteiger partial charge on any atom is -0.281 e. The molecular weight excluding hydrogens is 388 g/mol. The zero-order valence-electron chi connectivity index (χ0n) is 18.3. The van der Waals surface area contributed by atoms with Crippen LogP contribution in [-0.4, -0.2) is 23.1 Å². The van der Waals surface area contributed by atoms with Gasteiger partial charge in [-0.15, -0.1) is 0 Å². The highest BCUT2D eigenvalue weighted by atomic mass is 15.6. The fourth-order valence-corrected chi connectivity index (χ4v) is 4.99. The molecule has 32 heavy (non-hydrogen) atoms. The number of hydrazine groups is 1. The Morgan fingerprint density at radius 1 is 0.688 bits per heavy atom. The summed E-state index contributed by atoms with van der Waals surface area (Å²) in [6.45, 7) is 3.96. The number of rotatable bonds is 1. The molecule has 0 spiro atoms. The van der Waals surface area contributed by atoms with E-state index in [0.717, 1.165) is 19.5 Å². The van der Waals surface area contributed by atoms with Crippen LogP contribution in [0.3, 0.4) is 0 Å². The van der Waals surface area contributed by atoms with Crippen molar-refractivity contribution in [3.63, 3.8) is 0 Å². The van der Waals surface area contributed by atoms with E-state index < -0.39 is 0 Å². The maximum atomic E-state index is 2.46. The molecule has 156 valence electrons. The minimum absolute atomic E-state index is 0.873. The van der Waals surface area contributed by atoms with Crippen LogP contribution in [-0.2, 0) is 6.42 Å². The molecule has 3 aliphatic rings. The van der Waals surface area contributed by atoms with Crippen LogP contribution in [0.25, 0.3) is 22.5 Å². The van der Waals surface area contributed by atoms with Gasteiger partial charge >= 0.3 is 0 Å². The average molecular weight is 415 g/mol. The largest absolute Gasteiger partial charge is 0.281 e. The Kier molecular flexibility index (Phi) is 4.57.